The molecular weight excluding hydrogens is 384 g/mol. The minimum Gasteiger partial charge on any atom is -0.489 e. The largest absolute Gasteiger partial charge is 0.489 e. The number of aryl methyl sites for hydroxylation is 1. The standard InChI is InChI=1S/C25H19ClO3/c1-17-3-2-4-19(13-17)16-28-23-11-5-18(6-12-23)14-21-15-24(29-25(21)27)20-7-9-22(26)10-8-20/h2-15H,16H2,1H3/b21-14+. The van der Waals surface area contributed by atoms with Gasteiger partial charge in [-0.2, -0.15) is 0 Å². The van der Waals surface area contributed by atoms with Gasteiger partial charge in [0.25, 0.3) is 0 Å². The molecule has 0 fully saturated rings. The van der Waals surface area contributed by atoms with E-state index in [2.05, 4.69) is 19.1 Å². The number of halogens is 1. The van der Waals surface area contributed by atoms with Crippen LogP contribution >= 0.6 is 11.6 Å². The molecule has 0 saturated heterocycles. The van der Waals surface area contributed by atoms with Gasteiger partial charge in [0.15, 0.2) is 0 Å². The first-order chi connectivity index (χ1) is 14.1. The van der Waals surface area contributed by atoms with Crippen LogP contribution in [0.15, 0.2) is 84.4 Å². The van der Waals surface area contributed by atoms with Gasteiger partial charge in [0.05, 0.1) is 5.57 Å². The summed E-state index contributed by atoms with van der Waals surface area (Å²) in [5, 5.41) is 0.638. The van der Waals surface area contributed by atoms with E-state index in [9.17, 15) is 4.79 Å². The lowest BCUT2D eigenvalue weighted by Crippen LogP contribution is -1.97. The third-order valence-corrected chi connectivity index (χ3v) is 4.80. The molecule has 4 heteroatoms. The van der Waals surface area contributed by atoms with Gasteiger partial charge in [-0.1, -0.05) is 53.6 Å². The van der Waals surface area contributed by atoms with E-state index in [0.717, 1.165) is 22.4 Å². The minimum atomic E-state index is -0.366. The molecule has 3 aromatic carbocycles. The number of carbonyl (C=O) groups is 1. The highest BCUT2D eigenvalue weighted by Gasteiger charge is 2.21. The second-order valence-electron chi connectivity index (χ2n) is 6.85. The number of hydrogen-bond acceptors (Lipinski definition) is 3. The van der Waals surface area contributed by atoms with E-state index in [4.69, 9.17) is 21.1 Å². The molecule has 144 valence electrons. The normalized spacial score (nSPS) is 14.6. The number of esters is 1. The molecule has 1 aliphatic heterocycles. The van der Waals surface area contributed by atoms with Crippen LogP contribution in [-0.4, -0.2) is 5.97 Å². The van der Waals surface area contributed by atoms with Crippen molar-refractivity contribution in [1.82, 2.24) is 0 Å². The first kappa shape index (κ1) is 19.0. The summed E-state index contributed by atoms with van der Waals surface area (Å²) >= 11 is 5.91. The Labute approximate surface area is 174 Å². The van der Waals surface area contributed by atoms with Gasteiger partial charge >= 0.3 is 5.97 Å². The molecule has 0 aromatic heterocycles. The van der Waals surface area contributed by atoms with Crippen LogP contribution in [0.2, 0.25) is 5.02 Å². The SMILES string of the molecule is Cc1cccc(COc2ccc(/C=C3\C=C(c4ccc(Cl)cc4)OC3=O)cc2)c1. The van der Waals surface area contributed by atoms with Gasteiger partial charge in [-0.25, -0.2) is 4.79 Å². The highest BCUT2D eigenvalue weighted by Crippen LogP contribution is 2.28. The summed E-state index contributed by atoms with van der Waals surface area (Å²) in [5.41, 5.74) is 4.55. The van der Waals surface area contributed by atoms with E-state index >= 15 is 0 Å². The summed E-state index contributed by atoms with van der Waals surface area (Å²) in [6, 6.07) is 23.0. The van der Waals surface area contributed by atoms with Crippen LogP contribution in [0.25, 0.3) is 11.8 Å². The summed E-state index contributed by atoms with van der Waals surface area (Å²) in [6.07, 6.45) is 3.54. The van der Waals surface area contributed by atoms with E-state index in [1.807, 2.05) is 48.5 Å². The molecular formula is C25H19ClO3. The molecule has 0 saturated carbocycles. The molecule has 3 aromatic rings. The van der Waals surface area contributed by atoms with Crippen molar-refractivity contribution in [2.75, 3.05) is 0 Å². The van der Waals surface area contributed by atoms with Crippen LogP contribution in [0.4, 0.5) is 0 Å². The van der Waals surface area contributed by atoms with Crippen molar-refractivity contribution in [3.05, 3.63) is 112 Å². The predicted molar refractivity (Wildman–Crippen MR) is 115 cm³/mol. The lowest BCUT2D eigenvalue weighted by atomic mass is 10.1. The minimum absolute atomic E-state index is 0.366. The Morgan fingerprint density at radius 3 is 2.48 bits per heavy atom. The molecule has 1 heterocycles. The lowest BCUT2D eigenvalue weighted by Gasteiger charge is -2.07. The second-order valence-corrected chi connectivity index (χ2v) is 7.29. The molecule has 1 aliphatic rings. The number of carbonyl (C=O) groups excluding carboxylic acids is 1. The molecule has 29 heavy (non-hydrogen) atoms. The first-order valence-electron chi connectivity index (χ1n) is 9.27. The summed E-state index contributed by atoms with van der Waals surface area (Å²) in [4.78, 5) is 12.2. The Bertz CT molecular complexity index is 1090. The summed E-state index contributed by atoms with van der Waals surface area (Å²) in [7, 11) is 0. The number of hydrogen-bond donors (Lipinski definition) is 0. The highest BCUT2D eigenvalue weighted by molar-refractivity contribution is 6.30. The van der Waals surface area contributed by atoms with Gasteiger partial charge < -0.3 is 9.47 Å². The van der Waals surface area contributed by atoms with Gasteiger partial charge in [0.2, 0.25) is 0 Å². The maximum Gasteiger partial charge on any atom is 0.343 e. The molecule has 0 aliphatic carbocycles. The third-order valence-electron chi connectivity index (χ3n) is 4.54. The molecule has 0 atom stereocenters. The van der Waals surface area contributed by atoms with Crippen molar-refractivity contribution in [3.8, 4) is 5.75 Å². The number of rotatable bonds is 5. The van der Waals surface area contributed by atoms with Gasteiger partial charge in [-0.05, 0) is 66.6 Å². The Morgan fingerprint density at radius 2 is 1.76 bits per heavy atom. The second kappa shape index (κ2) is 8.38. The topological polar surface area (TPSA) is 35.5 Å². The van der Waals surface area contributed by atoms with E-state index in [-0.39, 0.29) is 5.97 Å². The fourth-order valence-electron chi connectivity index (χ4n) is 3.05. The van der Waals surface area contributed by atoms with Crippen molar-refractivity contribution in [2.45, 2.75) is 13.5 Å². The average Bonchev–Trinajstić information content (AvgIpc) is 3.08. The fourth-order valence-corrected chi connectivity index (χ4v) is 3.18. The molecule has 0 amide bonds. The quantitative estimate of drug-likeness (QED) is 0.376. The fraction of sp³-hybridized carbons (Fsp3) is 0.0800. The van der Waals surface area contributed by atoms with Crippen molar-refractivity contribution < 1.29 is 14.3 Å². The van der Waals surface area contributed by atoms with Crippen LogP contribution in [-0.2, 0) is 16.1 Å². The highest BCUT2D eigenvalue weighted by atomic mass is 35.5. The Morgan fingerprint density at radius 1 is 1.00 bits per heavy atom. The Balaban J connectivity index is 1.45. The number of benzene rings is 3. The van der Waals surface area contributed by atoms with Gasteiger partial charge in [-0.3, -0.25) is 0 Å². The van der Waals surface area contributed by atoms with Crippen molar-refractivity contribution in [1.29, 1.82) is 0 Å². The predicted octanol–water partition coefficient (Wildman–Crippen LogP) is 6.21. The average molecular weight is 403 g/mol. The van der Waals surface area contributed by atoms with Crippen LogP contribution in [0, 0.1) is 6.92 Å². The molecule has 0 radical (unpaired) electrons. The smallest absolute Gasteiger partial charge is 0.343 e. The molecule has 4 rings (SSSR count). The zero-order chi connectivity index (χ0) is 20.2. The van der Waals surface area contributed by atoms with E-state index in [1.54, 1.807) is 24.3 Å². The van der Waals surface area contributed by atoms with Crippen molar-refractivity contribution in [3.63, 3.8) is 0 Å². The summed E-state index contributed by atoms with van der Waals surface area (Å²) in [5.74, 6) is 0.936. The molecule has 0 spiro atoms. The molecule has 0 N–H and O–H groups in total. The van der Waals surface area contributed by atoms with Crippen molar-refractivity contribution in [2.24, 2.45) is 0 Å². The van der Waals surface area contributed by atoms with Gasteiger partial charge in [0.1, 0.15) is 18.1 Å². The summed E-state index contributed by atoms with van der Waals surface area (Å²) < 4.78 is 11.2. The van der Waals surface area contributed by atoms with E-state index in [0.29, 0.717) is 23.0 Å². The zero-order valence-corrected chi connectivity index (χ0v) is 16.6. The Kier molecular flexibility index (Phi) is 5.50. The number of ether oxygens (including phenoxy) is 2. The third kappa shape index (κ3) is 4.76. The van der Waals surface area contributed by atoms with E-state index in [1.165, 1.54) is 5.56 Å². The molecule has 0 bridgehead atoms. The Hall–Kier alpha value is -3.30. The van der Waals surface area contributed by atoms with Crippen LogP contribution in [0.3, 0.4) is 0 Å². The monoisotopic (exact) mass is 402 g/mol. The zero-order valence-electron chi connectivity index (χ0n) is 15.9. The van der Waals surface area contributed by atoms with Crippen LogP contribution in [0.1, 0.15) is 22.3 Å². The van der Waals surface area contributed by atoms with E-state index < -0.39 is 0 Å². The summed E-state index contributed by atoms with van der Waals surface area (Å²) in [6.45, 7) is 2.58. The van der Waals surface area contributed by atoms with Crippen molar-refractivity contribution >= 4 is 29.4 Å². The lowest BCUT2D eigenvalue weighted by molar-refractivity contribution is -0.130. The number of cyclic esters (lactones) is 1. The maximum atomic E-state index is 12.2. The van der Waals surface area contributed by atoms with Gasteiger partial charge in [-0.15, -0.1) is 0 Å². The molecule has 3 nitrogen and oxygen atoms in total. The van der Waals surface area contributed by atoms with Crippen LogP contribution in [0.5, 0.6) is 5.75 Å². The van der Waals surface area contributed by atoms with Gasteiger partial charge in [0, 0.05) is 10.6 Å². The van der Waals surface area contributed by atoms with Crippen LogP contribution < -0.4 is 4.74 Å². The molecule has 0 unspecified atom stereocenters. The first-order valence-corrected chi connectivity index (χ1v) is 9.64. The maximum absolute atomic E-state index is 12.2.